The van der Waals surface area contributed by atoms with Crippen molar-refractivity contribution in [2.24, 2.45) is 0 Å². The fourth-order valence-electron chi connectivity index (χ4n) is 3.28. The smallest absolute Gasteiger partial charge is 0.0677 e. The van der Waals surface area contributed by atoms with Gasteiger partial charge in [0.2, 0.25) is 0 Å². The summed E-state index contributed by atoms with van der Waals surface area (Å²) in [5.41, 5.74) is 4.84. The summed E-state index contributed by atoms with van der Waals surface area (Å²) in [6.07, 6.45) is 0. The van der Waals surface area contributed by atoms with E-state index >= 15 is 0 Å². The van der Waals surface area contributed by atoms with Crippen LogP contribution in [0.1, 0.15) is 29.4 Å². The fourth-order valence-corrected chi connectivity index (χ4v) is 3.48. The number of aryl methyl sites for hydroxylation is 1. The van der Waals surface area contributed by atoms with E-state index in [9.17, 15) is 0 Å². The predicted molar refractivity (Wildman–Crippen MR) is 95.0 cm³/mol. The summed E-state index contributed by atoms with van der Waals surface area (Å²) in [6.45, 7) is 11.5. The van der Waals surface area contributed by atoms with Gasteiger partial charge in [0, 0.05) is 48.5 Å². The van der Waals surface area contributed by atoms with Gasteiger partial charge in [-0.15, -0.1) is 0 Å². The van der Waals surface area contributed by atoms with Gasteiger partial charge in [0.25, 0.3) is 0 Å². The van der Waals surface area contributed by atoms with Gasteiger partial charge < -0.3 is 5.32 Å². The first kappa shape index (κ1) is 16.5. The normalized spacial score (nSPS) is 19.2. The molecule has 2 heterocycles. The third kappa shape index (κ3) is 3.77. The van der Waals surface area contributed by atoms with E-state index in [4.69, 9.17) is 16.7 Å². The first-order valence-electron chi connectivity index (χ1n) is 8.26. The Labute approximate surface area is 143 Å². The summed E-state index contributed by atoms with van der Waals surface area (Å²) in [7, 11) is 0. The summed E-state index contributed by atoms with van der Waals surface area (Å²) in [4.78, 5) is 2.51. The molecule has 0 aliphatic carbocycles. The molecule has 4 nitrogen and oxygen atoms in total. The van der Waals surface area contributed by atoms with E-state index in [1.54, 1.807) is 0 Å². The number of nitrogens with zero attached hydrogens (tertiary/aromatic N) is 3. The average molecular weight is 333 g/mol. The summed E-state index contributed by atoms with van der Waals surface area (Å²) < 4.78 is 2.08. The molecule has 0 saturated carbocycles. The van der Waals surface area contributed by atoms with E-state index in [1.807, 2.05) is 18.2 Å². The Morgan fingerprint density at radius 1 is 1.26 bits per heavy atom. The highest BCUT2D eigenvalue weighted by Gasteiger charge is 2.19. The number of hydrogen-bond donors (Lipinski definition) is 1. The second-order valence-corrected chi connectivity index (χ2v) is 6.90. The molecule has 0 bridgehead atoms. The van der Waals surface area contributed by atoms with Gasteiger partial charge in [-0.3, -0.25) is 9.58 Å². The van der Waals surface area contributed by atoms with Crippen LogP contribution in [-0.2, 0) is 13.1 Å². The van der Waals surface area contributed by atoms with Gasteiger partial charge in [-0.25, -0.2) is 0 Å². The molecule has 0 amide bonds. The van der Waals surface area contributed by atoms with Crippen LogP contribution >= 0.6 is 11.6 Å². The second kappa shape index (κ2) is 7.04. The van der Waals surface area contributed by atoms with Crippen LogP contribution in [0.5, 0.6) is 0 Å². The minimum atomic E-state index is 0.558. The highest BCUT2D eigenvalue weighted by Crippen LogP contribution is 2.20. The summed E-state index contributed by atoms with van der Waals surface area (Å²) in [5, 5.41) is 9.04. The number of halogens is 1. The van der Waals surface area contributed by atoms with Gasteiger partial charge in [-0.2, -0.15) is 5.10 Å². The minimum absolute atomic E-state index is 0.558. The Kier molecular flexibility index (Phi) is 5.05. The molecule has 1 fully saturated rings. The van der Waals surface area contributed by atoms with Gasteiger partial charge in [-0.05, 0) is 32.4 Å². The molecule has 3 rings (SSSR count). The first-order chi connectivity index (χ1) is 11.0. The van der Waals surface area contributed by atoms with E-state index in [1.165, 1.54) is 11.3 Å². The van der Waals surface area contributed by atoms with Crippen LogP contribution in [0.25, 0.3) is 0 Å². The maximum absolute atomic E-state index is 6.29. The minimum Gasteiger partial charge on any atom is -0.312 e. The Morgan fingerprint density at radius 2 is 2.04 bits per heavy atom. The highest BCUT2D eigenvalue weighted by atomic mass is 35.5. The van der Waals surface area contributed by atoms with E-state index in [2.05, 4.69) is 41.7 Å². The number of hydrogen-bond acceptors (Lipinski definition) is 3. The van der Waals surface area contributed by atoms with Crippen molar-refractivity contribution < 1.29 is 0 Å². The molecule has 1 aliphatic rings. The molecule has 2 aromatic rings. The molecule has 1 atom stereocenters. The highest BCUT2D eigenvalue weighted by molar-refractivity contribution is 6.31. The van der Waals surface area contributed by atoms with Crippen molar-refractivity contribution in [3.63, 3.8) is 0 Å². The lowest BCUT2D eigenvalue weighted by molar-refractivity contribution is 0.199. The van der Waals surface area contributed by atoms with E-state index < -0.39 is 0 Å². The zero-order valence-electron chi connectivity index (χ0n) is 14.1. The lowest BCUT2D eigenvalue weighted by atomic mass is 10.1. The van der Waals surface area contributed by atoms with Crippen molar-refractivity contribution in [1.29, 1.82) is 0 Å². The number of piperazine rings is 1. The SMILES string of the molecule is Cc1nn(Cc2ccccc2Cl)c(C)c1CN1CCNC(C)C1. The zero-order valence-corrected chi connectivity index (χ0v) is 14.9. The molecule has 0 spiro atoms. The second-order valence-electron chi connectivity index (χ2n) is 6.49. The van der Waals surface area contributed by atoms with Gasteiger partial charge in [-0.1, -0.05) is 29.8 Å². The van der Waals surface area contributed by atoms with Crippen molar-refractivity contribution in [2.45, 2.75) is 39.9 Å². The largest absolute Gasteiger partial charge is 0.312 e. The predicted octanol–water partition coefficient (Wildman–Crippen LogP) is 3.00. The Balaban J connectivity index is 1.78. The van der Waals surface area contributed by atoms with Crippen LogP contribution in [-0.4, -0.2) is 40.4 Å². The number of aromatic nitrogens is 2. The Hall–Kier alpha value is -1.36. The molecule has 124 valence electrons. The molecule has 1 unspecified atom stereocenters. The van der Waals surface area contributed by atoms with Crippen LogP contribution < -0.4 is 5.32 Å². The molecule has 1 N–H and O–H groups in total. The summed E-state index contributed by atoms with van der Waals surface area (Å²) in [5.74, 6) is 0. The van der Waals surface area contributed by atoms with Crippen molar-refractivity contribution in [3.05, 3.63) is 51.8 Å². The molecule has 23 heavy (non-hydrogen) atoms. The standard InChI is InChI=1S/C18H25ClN4/c1-13-10-22(9-8-20-13)12-17-14(2)21-23(15(17)3)11-16-6-4-5-7-18(16)19/h4-7,13,20H,8-12H2,1-3H3. The molecule has 0 radical (unpaired) electrons. The van der Waals surface area contributed by atoms with Gasteiger partial charge in [0.05, 0.1) is 12.2 Å². The van der Waals surface area contributed by atoms with Gasteiger partial charge in [0.1, 0.15) is 0 Å². The van der Waals surface area contributed by atoms with Crippen LogP contribution in [0.15, 0.2) is 24.3 Å². The van der Waals surface area contributed by atoms with Crippen molar-refractivity contribution >= 4 is 11.6 Å². The third-order valence-electron chi connectivity index (χ3n) is 4.64. The average Bonchev–Trinajstić information content (AvgIpc) is 2.77. The fraction of sp³-hybridized carbons (Fsp3) is 0.500. The van der Waals surface area contributed by atoms with Crippen LogP contribution in [0, 0.1) is 13.8 Å². The van der Waals surface area contributed by atoms with Crippen molar-refractivity contribution in [2.75, 3.05) is 19.6 Å². The number of benzene rings is 1. The number of nitrogens with one attached hydrogen (secondary N) is 1. The van der Waals surface area contributed by atoms with Crippen molar-refractivity contribution in [3.8, 4) is 0 Å². The zero-order chi connectivity index (χ0) is 16.4. The monoisotopic (exact) mass is 332 g/mol. The summed E-state index contributed by atoms with van der Waals surface area (Å²) in [6, 6.07) is 8.55. The topological polar surface area (TPSA) is 33.1 Å². The van der Waals surface area contributed by atoms with Gasteiger partial charge in [0.15, 0.2) is 0 Å². The lowest BCUT2D eigenvalue weighted by Gasteiger charge is -2.31. The van der Waals surface area contributed by atoms with E-state index in [0.717, 1.165) is 49.0 Å². The van der Waals surface area contributed by atoms with E-state index in [0.29, 0.717) is 6.04 Å². The molecule has 1 aliphatic heterocycles. The van der Waals surface area contributed by atoms with Crippen LogP contribution in [0.3, 0.4) is 0 Å². The maximum atomic E-state index is 6.29. The molecule has 1 aromatic heterocycles. The molecular formula is C18H25ClN4. The Bertz CT molecular complexity index is 680. The molecule has 1 aromatic carbocycles. The van der Waals surface area contributed by atoms with Crippen LogP contribution in [0.2, 0.25) is 5.02 Å². The Morgan fingerprint density at radius 3 is 2.78 bits per heavy atom. The quantitative estimate of drug-likeness (QED) is 0.934. The first-order valence-corrected chi connectivity index (χ1v) is 8.64. The summed E-state index contributed by atoms with van der Waals surface area (Å²) >= 11 is 6.29. The van der Waals surface area contributed by atoms with E-state index in [-0.39, 0.29) is 0 Å². The third-order valence-corrected chi connectivity index (χ3v) is 5.01. The molecular weight excluding hydrogens is 308 g/mol. The molecule has 1 saturated heterocycles. The van der Waals surface area contributed by atoms with Crippen molar-refractivity contribution in [1.82, 2.24) is 20.0 Å². The van der Waals surface area contributed by atoms with Crippen LogP contribution in [0.4, 0.5) is 0 Å². The maximum Gasteiger partial charge on any atom is 0.0677 e. The number of rotatable bonds is 4. The lowest BCUT2D eigenvalue weighted by Crippen LogP contribution is -2.48. The van der Waals surface area contributed by atoms with Gasteiger partial charge >= 0.3 is 0 Å². The molecule has 5 heteroatoms.